The quantitative estimate of drug-likeness (QED) is 0.749. The Kier molecular flexibility index (Phi) is 2.97. The summed E-state index contributed by atoms with van der Waals surface area (Å²) >= 11 is 3.56. The second-order valence-corrected chi connectivity index (χ2v) is 6.02. The van der Waals surface area contributed by atoms with E-state index in [9.17, 15) is 0 Å². The maximum atomic E-state index is 6.32. The molecule has 0 fully saturated rings. The van der Waals surface area contributed by atoms with Gasteiger partial charge in [-0.15, -0.1) is 22.7 Å². The summed E-state index contributed by atoms with van der Waals surface area (Å²) in [6, 6.07) is 12.9. The Bertz CT molecular complexity index is 610. The Hall–Kier alpha value is -1.16. The lowest BCUT2D eigenvalue weighted by molar-refractivity contribution is 0.737. The average molecular weight is 259 g/mol. The van der Waals surface area contributed by atoms with Crippen molar-refractivity contribution in [3.05, 3.63) is 57.6 Å². The molecular weight excluding hydrogens is 246 g/mol. The van der Waals surface area contributed by atoms with Crippen molar-refractivity contribution in [1.82, 2.24) is 0 Å². The molecule has 3 heteroatoms. The standard InChI is InChI=1S/C14H13NS2/c15-13(9-11-4-2-7-16-11)12-5-1-3-10-6-8-17-14(10)12/h1-8,13H,9,15H2. The fourth-order valence-electron chi connectivity index (χ4n) is 2.06. The molecule has 3 rings (SSSR count). The predicted octanol–water partition coefficient (Wildman–Crippen LogP) is 4.21. The Labute approximate surface area is 109 Å². The smallest absolute Gasteiger partial charge is 0.0390 e. The van der Waals surface area contributed by atoms with Crippen molar-refractivity contribution in [2.45, 2.75) is 12.5 Å². The molecule has 17 heavy (non-hydrogen) atoms. The largest absolute Gasteiger partial charge is 0.324 e. The van der Waals surface area contributed by atoms with Gasteiger partial charge in [0, 0.05) is 22.0 Å². The van der Waals surface area contributed by atoms with Crippen LogP contribution in [0.5, 0.6) is 0 Å². The molecule has 0 spiro atoms. The first kappa shape index (κ1) is 11.0. The predicted molar refractivity (Wildman–Crippen MR) is 76.8 cm³/mol. The summed E-state index contributed by atoms with van der Waals surface area (Å²) in [6.07, 6.45) is 0.925. The van der Waals surface area contributed by atoms with Gasteiger partial charge in [-0.1, -0.05) is 24.3 Å². The normalized spacial score (nSPS) is 13.0. The van der Waals surface area contributed by atoms with Crippen molar-refractivity contribution in [3.63, 3.8) is 0 Å². The topological polar surface area (TPSA) is 26.0 Å². The third kappa shape index (κ3) is 2.14. The molecule has 0 radical (unpaired) electrons. The fraction of sp³-hybridized carbons (Fsp3) is 0.143. The van der Waals surface area contributed by atoms with Gasteiger partial charge in [0.15, 0.2) is 0 Å². The highest BCUT2D eigenvalue weighted by Crippen LogP contribution is 2.30. The fourth-order valence-corrected chi connectivity index (χ4v) is 3.81. The van der Waals surface area contributed by atoms with Gasteiger partial charge in [0.25, 0.3) is 0 Å². The van der Waals surface area contributed by atoms with Crippen molar-refractivity contribution in [3.8, 4) is 0 Å². The minimum absolute atomic E-state index is 0.0935. The molecule has 1 atom stereocenters. The van der Waals surface area contributed by atoms with Gasteiger partial charge >= 0.3 is 0 Å². The molecule has 0 saturated heterocycles. The molecule has 0 aliphatic carbocycles. The van der Waals surface area contributed by atoms with Crippen LogP contribution in [-0.2, 0) is 6.42 Å². The van der Waals surface area contributed by atoms with Gasteiger partial charge in [0.05, 0.1) is 0 Å². The van der Waals surface area contributed by atoms with E-state index < -0.39 is 0 Å². The Morgan fingerprint density at radius 3 is 2.76 bits per heavy atom. The van der Waals surface area contributed by atoms with Crippen LogP contribution >= 0.6 is 22.7 Å². The van der Waals surface area contributed by atoms with Crippen molar-refractivity contribution < 1.29 is 0 Å². The van der Waals surface area contributed by atoms with E-state index in [1.165, 1.54) is 20.5 Å². The van der Waals surface area contributed by atoms with E-state index in [4.69, 9.17) is 5.73 Å². The van der Waals surface area contributed by atoms with E-state index in [0.717, 1.165) is 6.42 Å². The molecule has 1 aromatic carbocycles. The Balaban J connectivity index is 1.95. The van der Waals surface area contributed by atoms with Crippen molar-refractivity contribution in [2.75, 3.05) is 0 Å². The van der Waals surface area contributed by atoms with Crippen molar-refractivity contribution >= 4 is 32.8 Å². The zero-order valence-electron chi connectivity index (χ0n) is 9.30. The van der Waals surface area contributed by atoms with E-state index in [-0.39, 0.29) is 6.04 Å². The first-order valence-corrected chi connectivity index (χ1v) is 7.34. The summed E-state index contributed by atoms with van der Waals surface area (Å²) in [7, 11) is 0. The van der Waals surface area contributed by atoms with Crippen LogP contribution in [0.3, 0.4) is 0 Å². The summed E-state index contributed by atoms with van der Waals surface area (Å²) in [5.41, 5.74) is 7.59. The molecule has 2 N–H and O–H groups in total. The summed E-state index contributed by atoms with van der Waals surface area (Å²) in [4.78, 5) is 1.35. The van der Waals surface area contributed by atoms with Crippen LogP contribution in [-0.4, -0.2) is 0 Å². The van der Waals surface area contributed by atoms with Gasteiger partial charge in [0.2, 0.25) is 0 Å². The summed E-state index contributed by atoms with van der Waals surface area (Å²) < 4.78 is 1.33. The molecule has 2 aromatic heterocycles. The first-order chi connectivity index (χ1) is 8.34. The number of fused-ring (bicyclic) bond motifs is 1. The SMILES string of the molecule is NC(Cc1cccs1)c1cccc2ccsc12. The van der Waals surface area contributed by atoms with Crippen LogP contribution in [0, 0.1) is 0 Å². The molecule has 0 aliphatic heterocycles. The van der Waals surface area contributed by atoms with E-state index in [1.54, 1.807) is 22.7 Å². The molecule has 0 aliphatic rings. The number of nitrogens with two attached hydrogens (primary N) is 1. The maximum Gasteiger partial charge on any atom is 0.0390 e. The summed E-state index contributed by atoms with van der Waals surface area (Å²) in [5.74, 6) is 0. The number of hydrogen-bond donors (Lipinski definition) is 1. The molecule has 1 nitrogen and oxygen atoms in total. The Morgan fingerprint density at radius 2 is 1.94 bits per heavy atom. The minimum Gasteiger partial charge on any atom is -0.324 e. The molecular formula is C14H13NS2. The van der Waals surface area contributed by atoms with E-state index in [2.05, 4.69) is 47.2 Å². The second-order valence-electron chi connectivity index (χ2n) is 4.08. The van der Waals surface area contributed by atoms with E-state index >= 15 is 0 Å². The highest BCUT2D eigenvalue weighted by molar-refractivity contribution is 7.17. The van der Waals surface area contributed by atoms with Crippen molar-refractivity contribution in [2.24, 2.45) is 5.73 Å². The van der Waals surface area contributed by atoms with Crippen LogP contribution in [0.2, 0.25) is 0 Å². The lowest BCUT2D eigenvalue weighted by Crippen LogP contribution is -2.12. The molecule has 0 saturated carbocycles. The Morgan fingerprint density at radius 1 is 1.00 bits per heavy atom. The van der Waals surface area contributed by atoms with Crippen LogP contribution < -0.4 is 5.73 Å². The number of rotatable bonds is 3. The molecule has 0 amide bonds. The highest BCUT2D eigenvalue weighted by Gasteiger charge is 2.11. The van der Waals surface area contributed by atoms with Gasteiger partial charge in [-0.3, -0.25) is 0 Å². The van der Waals surface area contributed by atoms with Gasteiger partial charge < -0.3 is 5.73 Å². The van der Waals surface area contributed by atoms with Gasteiger partial charge in [-0.05, 0) is 33.8 Å². The van der Waals surface area contributed by atoms with Crippen LogP contribution in [0.4, 0.5) is 0 Å². The lowest BCUT2D eigenvalue weighted by Gasteiger charge is -2.11. The molecule has 1 unspecified atom stereocenters. The number of thiophene rings is 2. The third-order valence-corrected chi connectivity index (χ3v) is 4.79. The first-order valence-electron chi connectivity index (χ1n) is 5.58. The molecule has 86 valence electrons. The van der Waals surface area contributed by atoms with Crippen LogP contribution in [0.15, 0.2) is 47.2 Å². The van der Waals surface area contributed by atoms with Crippen LogP contribution in [0.25, 0.3) is 10.1 Å². The second kappa shape index (κ2) is 4.61. The van der Waals surface area contributed by atoms with Crippen molar-refractivity contribution in [1.29, 1.82) is 0 Å². The van der Waals surface area contributed by atoms with Crippen LogP contribution in [0.1, 0.15) is 16.5 Å². The number of benzene rings is 1. The summed E-state index contributed by atoms with van der Waals surface area (Å²) in [6.45, 7) is 0. The minimum atomic E-state index is 0.0935. The van der Waals surface area contributed by atoms with Gasteiger partial charge in [-0.2, -0.15) is 0 Å². The van der Waals surface area contributed by atoms with E-state index in [0.29, 0.717) is 0 Å². The summed E-state index contributed by atoms with van der Waals surface area (Å²) in [5, 5.41) is 5.54. The highest BCUT2D eigenvalue weighted by atomic mass is 32.1. The average Bonchev–Trinajstić information content (AvgIpc) is 2.97. The van der Waals surface area contributed by atoms with E-state index in [1.807, 2.05) is 0 Å². The number of hydrogen-bond acceptors (Lipinski definition) is 3. The monoisotopic (exact) mass is 259 g/mol. The van der Waals surface area contributed by atoms with Gasteiger partial charge in [0.1, 0.15) is 0 Å². The molecule has 3 aromatic rings. The zero-order chi connectivity index (χ0) is 11.7. The molecule has 2 heterocycles. The molecule has 0 bridgehead atoms. The maximum absolute atomic E-state index is 6.32. The van der Waals surface area contributed by atoms with Gasteiger partial charge in [-0.25, -0.2) is 0 Å². The third-order valence-electron chi connectivity index (χ3n) is 2.91. The zero-order valence-corrected chi connectivity index (χ0v) is 10.9. The lowest BCUT2D eigenvalue weighted by atomic mass is 10.0.